The summed E-state index contributed by atoms with van der Waals surface area (Å²) >= 11 is 0. The van der Waals surface area contributed by atoms with Crippen molar-refractivity contribution in [3.8, 4) is 17.2 Å². The van der Waals surface area contributed by atoms with Gasteiger partial charge in [-0.1, -0.05) is 19.1 Å². The van der Waals surface area contributed by atoms with Gasteiger partial charge in [0.1, 0.15) is 12.4 Å². The molecule has 0 fully saturated rings. The zero-order chi connectivity index (χ0) is 20.5. The number of pyridine rings is 1. The molecule has 0 spiro atoms. The number of methoxy groups -OCH3 is 1. The van der Waals surface area contributed by atoms with Gasteiger partial charge in [0.15, 0.2) is 11.5 Å². The minimum Gasteiger partial charge on any atom is -0.494 e. The maximum absolute atomic E-state index is 12.6. The maximum atomic E-state index is 12.6. The molecule has 0 saturated carbocycles. The fraction of sp³-hybridized carbons (Fsp3) is 0.217. The van der Waals surface area contributed by atoms with Crippen LogP contribution in [0.15, 0.2) is 67.0 Å². The fourth-order valence-electron chi connectivity index (χ4n) is 2.66. The number of hydrogen-bond donors (Lipinski definition) is 1. The van der Waals surface area contributed by atoms with Crippen molar-refractivity contribution < 1.29 is 19.0 Å². The van der Waals surface area contributed by atoms with Crippen LogP contribution in [-0.4, -0.2) is 24.6 Å². The zero-order valence-electron chi connectivity index (χ0n) is 16.6. The fourth-order valence-corrected chi connectivity index (χ4v) is 2.66. The topological polar surface area (TPSA) is 69.7 Å². The van der Waals surface area contributed by atoms with Crippen molar-refractivity contribution in [1.29, 1.82) is 0 Å². The minimum absolute atomic E-state index is 0.227. The maximum Gasteiger partial charge on any atom is 0.255 e. The van der Waals surface area contributed by atoms with Crippen LogP contribution < -0.4 is 19.5 Å². The van der Waals surface area contributed by atoms with Crippen LogP contribution in [0.2, 0.25) is 0 Å². The van der Waals surface area contributed by atoms with Gasteiger partial charge in [0, 0.05) is 35.3 Å². The number of ether oxygens (including phenoxy) is 3. The van der Waals surface area contributed by atoms with E-state index in [1.165, 1.54) is 0 Å². The lowest BCUT2D eigenvalue weighted by Crippen LogP contribution is -2.12. The molecule has 2 aromatic carbocycles. The Morgan fingerprint density at radius 3 is 2.69 bits per heavy atom. The van der Waals surface area contributed by atoms with Gasteiger partial charge in [-0.15, -0.1) is 0 Å². The van der Waals surface area contributed by atoms with Crippen LogP contribution >= 0.6 is 0 Å². The summed E-state index contributed by atoms with van der Waals surface area (Å²) in [5.74, 6) is 1.57. The van der Waals surface area contributed by atoms with E-state index in [0.29, 0.717) is 41.7 Å². The molecule has 6 heteroatoms. The number of carbonyl (C=O) groups is 1. The van der Waals surface area contributed by atoms with E-state index in [-0.39, 0.29) is 5.91 Å². The van der Waals surface area contributed by atoms with Crippen molar-refractivity contribution in [3.05, 3.63) is 78.1 Å². The van der Waals surface area contributed by atoms with E-state index < -0.39 is 0 Å². The Labute approximate surface area is 170 Å². The first kappa shape index (κ1) is 20.2. The number of nitrogens with zero attached hydrogens (tertiary/aromatic N) is 1. The van der Waals surface area contributed by atoms with E-state index in [4.69, 9.17) is 14.2 Å². The van der Waals surface area contributed by atoms with Crippen LogP contribution in [0.25, 0.3) is 0 Å². The Morgan fingerprint density at radius 2 is 1.93 bits per heavy atom. The second-order valence-corrected chi connectivity index (χ2v) is 6.35. The monoisotopic (exact) mass is 392 g/mol. The Kier molecular flexibility index (Phi) is 7.05. The first-order valence-electron chi connectivity index (χ1n) is 9.43. The highest BCUT2D eigenvalue weighted by atomic mass is 16.5. The Morgan fingerprint density at radius 1 is 1.03 bits per heavy atom. The lowest BCUT2D eigenvalue weighted by Gasteiger charge is -2.13. The quantitative estimate of drug-likeness (QED) is 0.571. The molecule has 29 heavy (non-hydrogen) atoms. The van der Waals surface area contributed by atoms with Gasteiger partial charge in [0.05, 0.1) is 13.7 Å². The zero-order valence-corrected chi connectivity index (χ0v) is 16.6. The van der Waals surface area contributed by atoms with Crippen molar-refractivity contribution in [2.75, 3.05) is 19.0 Å². The molecule has 6 nitrogen and oxygen atoms in total. The molecular weight excluding hydrogens is 368 g/mol. The largest absolute Gasteiger partial charge is 0.494 e. The first-order valence-corrected chi connectivity index (χ1v) is 9.43. The summed E-state index contributed by atoms with van der Waals surface area (Å²) in [6, 6.07) is 16.2. The van der Waals surface area contributed by atoms with E-state index in [1.807, 2.05) is 25.1 Å². The van der Waals surface area contributed by atoms with Gasteiger partial charge in [0.2, 0.25) is 0 Å². The van der Waals surface area contributed by atoms with Gasteiger partial charge >= 0.3 is 0 Å². The number of aromatic nitrogens is 1. The lowest BCUT2D eigenvalue weighted by molar-refractivity contribution is 0.102. The molecule has 1 amide bonds. The highest BCUT2D eigenvalue weighted by molar-refractivity contribution is 6.04. The molecule has 0 unspecified atom stereocenters. The number of benzene rings is 2. The van der Waals surface area contributed by atoms with E-state index in [9.17, 15) is 4.79 Å². The van der Waals surface area contributed by atoms with Crippen molar-refractivity contribution >= 4 is 11.6 Å². The normalized spacial score (nSPS) is 10.3. The number of rotatable bonds is 9. The average Bonchev–Trinajstić information content (AvgIpc) is 2.77. The third-order valence-corrected chi connectivity index (χ3v) is 4.11. The van der Waals surface area contributed by atoms with Gasteiger partial charge in [-0.05, 0) is 42.8 Å². The molecule has 1 heterocycles. The summed E-state index contributed by atoms with van der Waals surface area (Å²) in [6.45, 7) is 2.99. The number of hydrogen-bond acceptors (Lipinski definition) is 5. The molecule has 0 aliphatic heterocycles. The second-order valence-electron chi connectivity index (χ2n) is 6.35. The van der Waals surface area contributed by atoms with Crippen LogP contribution in [0.4, 0.5) is 5.69 Å². The van der Waals surface area contributed by atoms with Gasteiger partial charge in [0.25, 0.3) is 5.91 Å². The van der Waals surface area contributed by atoms with Crippen molar-refractivity contribution in [3.63, 3.8) is 0 Å². The van der Waals surface area contributed by atoms with Gasteiger partial charge in [-0.25, -0.2) is 0 Å². The first-order chi connectivity index (χ1) is 14.2. The third-order valence-electron chi connectivity index (χ3n) is 4.11. The highest BCUT2D eigenvalue weighted by Gasteiger charge is 2.11. The van der Waals surface area contributed by atoms with E-state index in [0.717, 1.165) is 12.0 Å². The average molecular weight is 392 g/mol. The van der Waals surface area contributed by atoms with Crippen LogP contribution in [-0.2, 0) is 6.61 Å². The lowest BCUT2D eigenvalue weighted by atomic mass is 10.2. The summed E-state index contributed by atoms with van der Waals surface area (Å²) in [4.78, 5) is 16.7. The number of carbonyl (C=O) groups excluding carboxylic acids is 1. The summed E-state index contributed by atoms with van der Waals surface area (Å²) in [6.07, 6.45) is 4.36. The van der Waals surface area contributed by atoms with Crippen LogP contribution in [0, 0.1) is 0 Å². The van der Waals surface area contributed by atoms with E-state index >= 15 is 0 Å². The van der Waals surface area contributed by atoms with Crippen LogP contribution in [0.1, 0.15) is 29.3 Å². The molecule has 0 radical (unpaired) electrons. The highest BCUT2D eigenvalue weighted by Crippen LogP contribution is 2.31. The number of nitrogens with one attached hydrogen (secondary N) is 1. The van der Waals surface area contributed by atoms with Crippen molar-refractivity contribution in [1.82, 2.24) is 4.98 Å². The molecule has 0 saturated heterocycles. The van der Waals surface area contributed by atoms with Crippen molar-refractivity contribution in [2.24, 2.45) is 0 Å². The predicted octanol–water partition coefficient (Wildman–Crippen LogP) is 4.71. The summed E-state index contributed by atoms with van der Waals surface area (Å²) in [5.41, 5.74) is 2.07. The summed E-state index contributed by atoms with van der Waals surface area (Å²) in [5, 5.41) is 2.89. The molecule has 3 rings (SSSR count). The molecular formula is C23H24N2O4. The molecule has 0 bridgehead atoms. The molecule has 1 N–H and O–H groups in total. The number of amides is 1. The van der Waals surface area contributed by atoms with E-state index in [2.05, 4.69) is 10.3 Å². The Balaban J connectivity index is 1.71. The van der Waals surface area contributed by atoms with Crippen LogP contribution in [0.5, 0.6) is 17.2 Å². The summed E-state index contributed by atoms with van der Waals surface area (Å²) < 4.78 is 16.8. The summed E-state index contributed by atoms with van der Waals surface area (Å²) in [7, 11) is 1.58. The minimum atomic E-state index is -0.227. The number of anilines is 1. The van der Waals surface area contributed by atoms with Gasteiger partial charge in [-0.3, -0.25) is 9.78 Å². The second kappa shape index (κ2) is 10.1. The smallest absolute Gasteiger partial charge is 0.255 e. The third kappa shape index (κ3) is 5.72. The molecule has 150 valence electrons. The molecule has 0 atom stereocenters. The van der Waals surface area contributed by atoms with E-state index in [1.54, 1.807) is 55.9 Å². The SMILES string of the molecule is CCCOc1cccc(C(=O)Nc2ccc(OC)c(OCc3cccnc3)c2)c1. The standard InChI is InChI=1S/C23H24N2O4/c1-3-12-28-20-8-4-7-18(13-20)23(26)25-19-9-10-21(27-2)22(14-19)29-16-17-6-5-11-24-15-17/h4-11,13-15H,3,12,16H2,1-2H3,(H,25,26). The molecule has 3 aromatic rings. The van der Waals surface area contributed by atoms with Crippen LogP contribution in [0.3, 0.4) is 0 Å². The van der Waals surface area contributed by atoms with Crippen molar-refractivity contribution in [2.45, 2.75) is 20.0 Å². The Bertz CT molecular complexity index is 945. The Hall–Kier alpha value is -3.54. The van der Waals surface area contributed by atoms with Gasteiger partial charge in [-0.2, -0.15) is 0 Å². The molecule has 1 aromatic heterocycles. The molecule has 0 aliphatic rings. The van der Waals surface area contributed by atoms with Gasteiger partial charge < -0.3 is 19.5 Å². The predicted molar refractivity (Wildman–Crippen MR) is 112 cm³/mol. The molecule has 0 aliphatic carbocycles.